The number of methoxy groups -OCH3 is 1. The van der Waals surface area contributed by atoms with E-state index in [1.165, 1.54) is 30.6 Å². The third-order valence-corrected chi connectivity index (χ3v) is 4.23. The zero-order valence-electron chi connectivity index (χ0n) is 12.6. The smallest absolute Gasteiger partial charge is 0.291 e. The van der Waals surface area contributed by atoms with Crippen LogP contribution in [0.3, 0.4) is 0 Å². The van der Waals surface area contributed by atoms with Gasteiger partial charge in [0.25, 0.3) is 5.91 Å². The Morgan fingerprint density at radius 1 is 1.30 bits per heavy atom. The van der Waals surface area contributed by atoms with Gasteiger partial charge in [0, 0.05) is 11.8 Å². The van der Waals surface area contributed by atoms with Crippen LogP contribution in [-0.4, -0.2) is 13.0 Å². The molecule has 0 spiro atoms. The number of hydrogen-bond acceptors (Lipinski definition) is 4. The van der Waals surface area contributed by atoms with Crippen LogP contribution in [0.5, 0.6) is 5.75 Å². The molecule has 3 rings (SSSR count). The monoisotopic (exact) mass is 331 g/mol. The predicted molar refractivity (Wildman–Crippen MR) is 87.7 cm³/mol. The standard InChI is InChI=1S/C17H14FNO3S/c1-10-8-15(21-2)11(18)9-12(10)19-17(20)14-6-5-13(22-14)16-4-3-7-23-16/h3-9H,1-2H3,(H,19,20). The lowest BCUT2D eigenvalue weighted by atomic mass is 10.2. The Kier molecular flexibility index (Phi) is 4.16. The second-order valence-corrected chi connectivity index (χ2v) is 5.84. The second kappa shape index (κ2) is 6.26. The second-order valence-electron chi connectivity index (χ2n) is 4.90. The molecule has 3 aromatic rings. The molecule has 4 nitrogen and oxygen atoms in total. The van der Waals surface area contributed by atoms with Gasteiger partial charge in [-0.25, -0.2) is 4.39 Å². The van der Waals surface area contributed by atoms with E-state index < -0.39 is 11.7 Å². The number of ether oxygens (including phenoxy) is 1. The molecule has 1 amide bonds. The molecule has 1 N–H and O–H groups in total. The fourth-order valence-corrected chi connectivity index (χ4v) is 2.83. The summed E-state index contributed by atoms with van der Waals surface area (Å²) in [6, 6.07) is 9.92. The molecule has 23 heavy (non-hydrogen) atoms. The molecule has 118 valence electrons. The topological polar surface area (TPSA) is 51.5 Å². The minimum atomic E-state index is -0.535. The van der Waals surface area contributed by atoms with Gasteiger partial charge in [-0.1, -0.05) is 6.07 Å². The van der Waals surface area contributed by atoms with Gasteiger partial charge in [0.2, 0.25) is 0 Å². The fraction of sp³-hybridized carbons (Fsp3) is 0.118. The van der Waals surface area contributed by atoms with Crippen molar-refractivity contribution >= 4 is 22.9 Å². The van der Waals surface area contributed by atoms with E-state index in [9.17, 15) is 9.18 Å². The molecular weight excluding hydrogens is 317 g/mol. The van der Waals surface area contributed by atoms with Gasteiger partial charge in [-0.05, 0) is 42.1 Å². The van der Waals surface area contributed by atoms with Gasteiger partial charge in [0.05, 0.1) is 12.0 Å². The normalized spacial score (nSPS) is 10.6. The third-order valence-electron chi connectivity index (χ3n) is 3.34. The maximum Gasteiger partial charge on any atom is 0.291 e. The van der Waals surface area contributed by atoms with Crippen molar-refractivity contribution in [1.29, 1.82) is 0 Å². The first-order chi connectivity index (χ1) is 11.1. The summed E-state index contributed by atoms with van der Waals surface area (Å²) in [6.45, 7) is 1.76. The maximum atomic E-state index is 13.8. The summed E-state index contributed by atoms with van der Waals surface area (Å²) in [5, 5.41) is 4.58. The van der Waals surface area contributed by atoms with Crippen molar-refractivity contribution in [3.8, 4) is 16.4 Å². The highest BCUT2D eigenvalue weighted by atomic mass is 32.1. The van der Waals surface area contributed by atoms with Crippen LogP contribution in [0, 0.1) is 12.7 Å². The van der Waals surface area contributed by atoms with Crippen LogP contribution < -0.4 is 10.1 Å². The van der Waals surface area contributed by atoms with Crippen molar-refractivity contribution in [3.63, 3.8) is 0 Å². The molecule has 6 heteroatoms. The molecule has 0 radical (unpaired) electrons. The average Bonchev–Trinajstić information content (AvgIpc) is 3.20. The summed E-state index contributed by atoms with van der Waals surface area (Å²) in [5.74, 6) is -0.0297. The van der Waals surface area contributed by atoms with Crippen LogP contribution in [0.1, 0.15) is 16.1 Å². The molecule has 0 aliphatic rings. The summed E-state index contributed by atoms with van der Waals surface area (Å²) < 4.78 is 24.2. The predicted octanol–water partition coefficient (Wildman–Crippen LogP) is 4.72. The number of carbonyl (C=O) groups excluding carboxylic acids is 1. The van der Waals surface area contributed by atoms with E-state index in [1.807, 2.05) is 17.5 Å². The zero-order chi connectivity index (χ0) is 16.4. The van der Waals surface area contributed by atoms with E-state index in [1.54, 1.807) is 19.1 Å². The lowest BCUT2D eigenvalue weighted by Crippen LogP contribution is -2.12. The number of hydrogen-bond donors (Lipinski definition) is 1. The molecule has 1 aromatic carbocycles. The number of halogens is 1. The Bertz CT molecular complexity index is 840. The zero-order valence-corrected chi connectivity index (χ0v) is 13.4. The van der Waals surface area contributed by atoms with Gasteiger partial charge in [-0.3, -0.25) is 4.79 Å². The first kappa shape index (κ1) is 15.3. The number of rotatable bonds is 4. The number of carbonyl (C=O) groups is 1. The Hall–Kier alpha value is -2.60. The number of anilines is 1. The summed E-state index contributed by atoms with van der Waals surface area (Å²) in [7, 11) is 1.39. The van der Waals surface area contributed by atoms with E-state index in [0.717, 1.165) is 4.88 Å². The SMILES string of the molecule is COc1cc(C)c(NC(=O)c2ccc(-c3cccs3)o2)cc1F. The quantitative estimate of drug-likeness (QED) is 0.753. The molecule has 0 unspecified atom stereocenters. The average molecular weight is 331 g/mol. The minimum Gasteiger partial charge on any atom is -0.494 e. The highest BCUT2D eigenvalue weighted by molar-refractivity contribution is 7.13. The highest BCUT2D eigenvalue weighted by Crippen LogP contribution is 2.28. The van der Waals surface area contributed by atoms with E-state index in [0.29, 0.717) is 17.0 Å². The van der Waals surface area contributed by atoms with E-state index >= 15 is 0 Å². The van der Waals surface area contributed by atoms with Gasteiger partial charge in [-0.15, -0.1) is 11.3 Å². The minimum absolute atomic E-state index is 0.137. The number of furan rings is 1. The van der Waals surface area contributed by atoms with E-state index in [-0.39, 0.29) is 11.5 Å². The largest absolute Gasteiger partial charge is 0.494 e. The molecule has 0 saturated heterocycles. The van der Waals surface area contributed by atoms with Crippen LogP contribution in [0.4, 0.5) is 10.1 Å². The van der Waals surface area contributed by atoms with Crippen molar-refractivity contribution in [2.24, 2.45) is 0 Å². The molecule has 0 aliphatic heterocycles. The van der Waals surface area contributed by atoms with E-state index in [4.69, 9.17) is 9.15 Å². The molecule has 2 heterocycles. The molecular formula is C17H14FNO3S. The van der Waals surface area contributed by atoms with Gasteiger partial charge < -0.3 is 14.5 Å². The number of nitrogens with one attached hydrogen (secondary N) is 1. The van der Waals surface area contributed by atoms with Crippen LogP contribution in [0.2, 0.25) is 0 Å². The number of thiophene rings is 1. The molecule has 0 aliphatic carbocycles. The number of amides is 1. The van der Waals surface area contributed by atoms with Crippen LogP contribution in [0.15, 0.2) is 46.2 Å². The molecule has 0 fully saturated rings. The Morgan fingerprint density at radius 3 is 2.83 bits per heavy atom. The molecule has 2 aromatic heterocycles. The summed E-state index contributed by atoms with van der Waals surface area (Å²) >= 11 is 1.52. The van der Waals surface area contributed by atoms with Crippen molar-refractivity contribution in [1.82, 2.24) is 0 Å². The Morgan fingerprint density at radius 2 is 2.13 bits per heavy atom. The summed E-state index contributed by atoms with van der Waals surface area (Å²) in [6.07, 6.45) is 0. The van der Waals surface area contributed by atoms with Crippen molar-refractivity contribution in [2.45, 2.75) is 6.92 Å². The summed E-state index contributed by atoms with van der Waals surface area (Å²) in [5.41, 5.74) is 1.07. The van der Waals surface area contributed by atoms with Crippen molar-refractivity contribution in [3.05, 3.63) is 58.9 Å². The third kappa shape index (κ3) is 3.12. The lowest BCUT2D eigenvalue weighted by Gasteiger charge is -2.10. The van der Waals surface area contributed by atoms with Crippen LogP contribution in [0.25, 0.3) is 10.6 Å². The maximum absolute atomic E-state index is 13.8. The van der Waals surface area contributed by atoms with Crippen molar-refractivity contribution < 1.29 is 18.3 Å². The van der Waals surface area contributed by atoms with Gasteiger partial charge >= 0.3 is 0 Å². The van der Waals surface area contributed by atoms with Crippen molar-refractivity contribution in [2.75, 3.05) is 12.4 Å². The number of benzene rings is 1. The first-order valence-corrected chi connectivity index (χ1v) is 7.75. The van der Waals surface area contributed by atoms with Gasteiger partial charge in [-0.2, -0.15) is 0 Å². The highest BCUT2D eigenvalue weighted by Gasteiger charge is 2.15. The number of aryl methyl sites for hydroxylation is 1. The molecule has 0 atom stereocenters. The van der Waals surface area contributed by atoms with Crippen LogP contribution >= 0.6 is 11.3 Å². The van der Waals surface area contributed by atoms with E-state index in [2.05, 4.69) is 5.32 Å². The molecule has 0 saturated carbocycles. The fourth-order valence-electron chi connectivity index (χ4n) is 2.14. The van der Waals surface area contributed by atoms with Gasteiger partial charge in [0.15, 0.2) is 17.3 Å². The first-order valence-electron chi connectivity index (χ1n) is 6.87. The van der Waals surface area contributed by atoms with Gasteiger partial charge in [0.1, 0.15) is 5.76 Å². The molecule has 0 bridgehead atoms. The summed E-state index contributed by atoms with van der Waals surface area (Å²) in [4.78, 5) is 13.2. The Labute approximate surface area is 136 Å². The lowest BCUT2D eigenvalue weighted by molar-refractivity contribution is 0.0997. The Balaban J connectivity index is 1.81. The van der Waals surface area contributed by atoms with Crippen LogP contribution in [-0.2, 0) is 0 Å².